The van der Waals surface area contributed by atoms with E-state index < -0.39 is 23.1 Å². The number of nitrogens with zero attached hydrogens (tertiary/aromatic N) is 1. The average Bonchev–Trinajstić information content (AvgIpc) is 3.07. The Bertz CT molecular complexity index is 1470. The highest BCUT2D eigenvalue weighted by atomic mass is 19.1. The van der Waals surface area contributed by atoms with Gasteiger partial charge in [0.25, 0.3) is 5.91 Å². The van der Waals surface area contributed by atoms with Crippen LogP contribution in [0.25, 0.3) is 0 Å². The molecule has 3 aromatic carbocycles. The predicted molar refractivity (Wildman–Crippen MR) is 180 cm³/mol. The van der Waals surface area contributed by atoms with Gasteiger partial charge in [0.1, 0.15) is 17.7 Å². The summed E-state index contributed by atoms with van der Waals surface area (Å²) < 4.78 is 47.4. The highest BCUT2D eigenvalue weighted by molar-refractivity contribution is 6.04. The molecule has 1 fully saturated rings. The molecule has 0 atom stereocenters. The predicted octanol–water partition coefficient (Wildman–Crippen LogP) is 8.36. The third-order valence-corrected chi connectivity index (χ3v) is 8.08. The molecule has 0 aromatic heterocycles. The van der Waals surface area contributed by atoms with Gasteiger partial charge in [0.2, 0.25) is 0 Å². The summed E-state index contributed by atoms with van der Waals surface area (Å²) in [6.07, 6.45) is 5.20. The maximum atomic E-state index is 15.0. The van der Waals surface area contributed by atoms with Gasteiger partial charge in [-0.3, -0.25) is 4.79 Å². The minimum Gasteiger partial charge on any atom is -0.490 e. The number of carbonyl (C=O) groups is 2. The van der Waals surface area contributed by atoms with E-state index in [1.165, 1.54) is 0 Å². The minimum atomic E-state index is -0.867. The van der Waals surface area contributed by atoms with E-state index in [-0.39, 0.29) is 23.9 Å². The van der Waals surface area contributed by atoms with E-state index in [0.717, 1.165) is 70.3 Å². The molecule has 1 saturated heterocycles. The van der Waals surface area contributed by atoms with Crippen molar-refractivity contribution >= 4 is 23.3 Å². The number of hydrogen-bond acceptors (Lipinski definition) is 6. The van der Waals surface area contributed by atoms with Crippen LogP contribution in [0.4, 0.5) is 25.0 Å². The van der Waals surface area contributed by atoms with Crippen molar-refractivity contribution in [2.75, 3.05) is 36.9 Å². The quantitative estimate of drug-likeness (QED) is 0.153. The molecule has 0 bridgehead atoms. The Labute approximate surface area is 276 Å². The van der Waals surface area contributed by atoms with Crippen LogP contribution in [0.5, 0.6) is 23.0 Å². The lowest BCUT2D eigenvalue weighted by atomic mass is 10.1. The first-order valence-corrected chi connectivity index (χ1v) is 16.5. The van der Waals surface area contributed by atoms with E-state index in [4.69, 9.17) is 14.2 Å². The Morgan fingerprint density at radius 1 is 0.851 bits per heavy atom. The van der Waals surface area contributed by atoms with Gasteiger partial charge in [-0.05, 0) is 88.0 Å². The lowest BCUT2D eigenvalue weighted by Crippen LogP contribution is -2.38. The van der Waals surface area contributed by atoms with Crippen LogP contribution in [0.15, 0.2) is 54.6 Å². The summed E-state index contributed by atoms with van der Waals surface area (Å²) in [4.78, 5) is 27.6. The van der Waals surface area contributed by atoms with Crippen molar-refractivity contribution in [3.8, 4) is 23.0 Å². The van der Waals surface area contributed by atoms with Crippen molar-refractivity contribution < 1.29 is 32.6 Å². The van der Waals surface area contributed by atoms with E-state index in [0.29, 0.717) is 35.2 Å². The van der Waals surface area contributed by atoms with Gasteiger partial charge in [0, 0.05) is 42.6 Å². The fourth-order valence-electron chi connectivity index (χ4n) is 5.32. The first-order chi connectivity index (χ1) is 22.7. The Balaban J connectivity index is 1.34. The van der Waals surface area contributed by atoms with Crippen LogP contribution in [-0.2, 0) is 0 Å². The molecule has 0 aliphatic carbocycles. The zero-order chi connectivity index (χ0) is 33.8. The molecule has 47 heavy (non-hydrogen) atoms. The third kappa shape index (κ3) is 10.3. The number of ether oxygens (including phenoxy) is 3. The number of amides is 3. The molecule has 1 aliphatic rings. The van der Waals surface area contributed by atoms with Gasteiger partial charge >= 0.3 is 6.03 Å². The topological polar surface area (TPSA) is 101 Å². The number of nitrogens with one attached hydrogen (secondary N) is 3. The second kappa shape index (κ2) is 17.5. The first-order valence-electron chi connectivity index (χ1n) is 16.5. The van der Waals surface area contributed by atoms with Crippen LogP contribution in [-0.4, -0.2) is 55.2 Å². The number of rotatable bonds is 15. The lowest BCUT2D eigenvalue weighted by molar-refractivity contribution is 0.0958. The monoisotopic (exact) mass is 652 g/mol. The molecule has 0 saturated carbocycles. The summed E-state index contributed by atoms with van der Waals surface area (Å²) >= 11 is 0. The lowest BCUT2D eigenvalue weighted by Gasteiger charge is -2.32. The summed E-state index contributed by atoms with van der Waals surface area (Å²) in [6.45, 7) is 11.2. The summed E-state index contributed by atoms with van der Waals surface area (Å²) in [5.41, 5.74) is 0.493. The fourth-order valence-corrected chi connectivity index (χ4v) is 5.32. The van der Waals surface area contributed by atoms with Crippen LogP contribution in [0.3, 0.4) is 0 Å². The zero-order valence-electron chi connectivity index (χ0n) is 27.7. The van der Waals surface area contributed by atoms with Gasteiger partial charge in [0.05, 0.1) is 12.2 Å². The third-order valence-electron chi connectivity index (χ3n) is 8.08. The molecule has 0 radical (unpaired) electrons. The number of urea groups is 1. The van der Waals surface area contributed by atoms with Crippen LogP contribution < -0.4 is 30.2 Å². The van der Waals surface area contributed by atoms with Gasteiger partial charge in [0.15, 0.2) is 23.1 Å². The number of carbonyl (C=O) groups excluding carboxylic acids is 2. The molecule has 11 heteroatoms. The van der Waals surface area contributed by atoms with Crippen LogP contribution in [0, 0.1) is 11.6 Å². The second-order valence-electron chi connectivity index (χ2n) is 11.6. The standard InChI is InChI=1S/C36H46F2N4O5/c1-5-9-18-42-19-16-28(17-20-42)47-33-23-30(37)29(22-31(33)38)35(43)39-25-10-13-27(14-11-25)46-32-15-12-26(21-34(32)45-8-4)41-36(44)40-24(6-2)7-3/h10-15,21-24,28H,5-9,16-20H2,1-4H3,(H,39,43)(H2,40,41,44). The van der Waals surface area contributed by atoms with E-state index in [1.807, 2.05) is 20.8 Å². The Hall–Kier alpha value is -4.38. The fraction of sp³-hybridized carbons (Fsp3) is 0.444. The van der Waals surface area contributed by atoms with E-state index in [2.05, 4.69) is 27.8 Å². The van der Waals surface area contributed by atoms with Crippen LogP contribution in [0.2, 0.25) is 0 Å². The number of anilines is 2. The number of halogens is 2. The summed E-state index contributed by atoms with van der Waals surface area (Å²) in [6, 6.07) is 13.1. The minimum absolute atomic E-state index is 0.0883. The van der Waals surface area contributed by atoms with Crippen molar-refractivity contribution in [2.45, 2.75) is 78.4 Å². The molecule has 3 aromatic rings. The Morgan fingerprint density at radius 3 is 2.21 bits per heavy atom. The molecule has 3 amide bonds. The van der Waals surface area contributed by atoms with Gasteiger partial charge < -0.3 is 35.1 Å². The molecule has 1 heterocycles. The molecule has 4 rings (SSSR count). The van der Waals surface area contributed by atoms with Gasteiger partial charge in [-0.1, -0.05) is 27.2 Å². The van der Waals surface area contributed by atoms with Crippen molar-refractivity contribution in [1.29, 1.82) is 0 Å². The SMILES string of the molecule is CCCCN1CCC(Oc2cc(F)c(C(=O)Nc3ccc(Oc4ccc(NC(=O)NC(CC)CC)cc4OCC)cc3)cc2F)CC1. The van der Waals surface area contributed by atoms with E-state index >= 15 is 0 Å². The molecule has 0 spiro atoms. The number of benzene rings is 3. The van der Waals surface area contributed by atoms with Crippen LogP contribution >= 0.6 is 0 Å². The maximum Gasteiger partial charge on any atom is 0.319 e. The normalized spacial score (nSPS) is 13.7. The van der Waals surface area contributed by atoms with Gasteiger partial charge in [-0.2, -0.15) is 0 Å². The Kier molecular flexibility index (Phi) is 13.2. The maximum absolute atomic E-state index is 15.0. The average molecular weight is 653 g/mol. The summed E-state index contributed by atoms with van der Waals surface area (Å²) in [5, 5.41) is 8.35. The second-order valence-corrected chi connectivity index (χ2v) is 11.6. The summed E-state index contributed by atoms with van der Waals surface area (Å²) in [5.74, 6) is -1.32. The largest absolute Gasteiger partial charge is 0.490 e. The molecule has 1 aliphatic heterocycles. The number of likely N-dealkylation sites (tertiary alicyclic amines) is 1. The van der Waals surface area contributed by atoms with Crippen molar-refractivity contribution in [2.24, 2.45) is 0 Å². The van der Waals surface area contributed by atoms with Crippen molar-refractivity contribution in [1.82, 2.24) is 10.2 Å². The highest BCUT2D eigenvalue weighted by Gasteiger charge is 2.23. The van der Waals surface area contributed by atoms with E-state index in [1.54, 1.807) is 42.5 Å². The molecular weight excluding hydrogens is 606 g/mol. The number of piperidine rings is 1. The molecule has 9 nitrogen and oxygen atoms in total. The summed E-state index contributed by atoms with van der Waals surface area (Å²) in [7, 11) is 0. The van der Waals surface area contributed by atoms with Crippen molar-refractivity contribution in [3.63, 3.8) is 0 Å². The highest BCUT2D eigenvalue weighted by Crippen LogP contribution is 2.35. The van der Waals surface area contributed by atoms with Crippen molar-refractivity contribution in [3.05, 3.63) is 71.8 Å². The Morgan fingerprint density at radius 2 is 1.55 bits per heavy atom. The first kappa shape index (κ1) is 35.5. The number of hydrogen-bond donors (Lipinski definition) is 3. The zero-order valence-corrected chi connectivity index (χ0v) is 27.7. The number of unbranched alkanes of at least 4 members (excludes halogenated alkanes) is 1. The molecular formula is C36H46F2N4O5. The molecule has 254 valence electrons. The van der Waals surface area contributed by atoms with E-state index in [9.17, 15) is 18.4 Å². The van der Waals surface area contributed by atoms with Crippen LogP contribution in [0.1, 0.15) is 76.6 Å². The molecule has 3 N–H and O–H groups in total. The molecule has 0 unspecified atom stereocenters. The van der Waals surface area contributed by atoms with Gasteiger partial charge in [-0.15, -0.1) is 0 Å². The smallest absolute Gasteiger partial charge is 0.319 e. The van der Waals surface area contributed by atoms with Gasteiger partial charge in [-0.25, -0.2) is 13.6 Å².